The Labute approximate surface area is 93.8 Å². The molecule has 0 bridgehead atoms. The van der Waals surface area contributed by atoms with Gasteiger partial charge in [-0.3, -0.25) is 4.79 Å². The standard InChI is InChI=1S/C11H15N3O2/c1-6-2-7(11(13)14-3-6)10(15)8-4-16-5-9(8)12/h2-3,8-9H,4-5,12H2,1H3,(H2,13,14). The van der Waals surface area contributed by atoms with Crippen LogP contribution in [-0.4, -0.2) is 30.0 Å². The molecule has 5 nitrogen and oxygen atoms in total. The Morgan fingerprint density at radius 3 is 2.94 bits per heavy atom. The van der Waals surface area contributed by atoms with E-state index in [1.165, 1.54) is 0 Å². The molecule has 16 heavy (non-hydrogen) atoms. The molecule has 0 aliphatic carbocycles. The number of nitrogen functional groups attached to an aromatic ring is 1. The van der Waals surface area contributed by atoms with Crippen LogP contribution >= 0.6 is 0 Å². The van der Waals surface area contributed by atoms with Crippen LogP contribution in [-0.2, 0) is 4.74 Å². The first kappa shape index (κ1) is 11.0. The molecule has 1 aliphatic heterocycles. The van der Waals surface area contributed by atoms with Crippen molar-refractivity contribution >= 4 is 11.6 Å². The molecule has 86 valence electrons. The third-order valence-electron chi connectivity index (χ3n) is 2.78. The first-order chi connectivity index (χ1) is 7.59. The molecule has 2 unspecified atom stereocenters. The minimum atomic E-state index is -0.300. The Morgan fingerprint density at radius 1 is 1.56 bits per heavy atom. The van der Waals surface area contributed by atoms with E-state index < -0.39 is 0 Å². The number of carbonyl (C=O) groups is 1. The van der Waals surface area contributed by atoms with Gasteiger partial charge in [0.1, 0.15) is 5.82 Å². The number of ether oxygens (including phenoxy) is 1. The van der Waals surface area contributed by atoms with Gasteiger partial charge in [0.2, 0.25) is 0 Å². The number of hydrogen-bond donors (Lipinski definition) is 2. The van der Waals surface area contributed by atoms with E-state index in [1.54, 1.807) is 12.3 Å². The number of pyridine rings is 1. The lowest BCUT2D eigenvalue weighted by Gasteiger charge is -2.13. The molecule has 0 radical (unpaired) electrons. The molecule has 5 heteroatoms. The Kier molecular flexibility index (Phi) is 2.89. The predicted molar refractivity (Wildman–Crippen MR) is 60.0 cm³/mol. The number of nitrogens with two attached hydrogens (primary N) is 2. The van der Waals surface area contributed by atoms with Crippen molar-refractivity contribution in [2.24, 2.45) is 11.7 Å². The van der Waals surface area contributed by atoms with Crippen molar-refractivity contribution < 1.29 is 9.53 Å². The van der Waals surface area contributed by atoms with E-state index in [1.807, 2.05) is 6.92 Å². The Hall–Kier alpha value is -1.46. The molecule has 2 atom stereocenters. The van der Waals surface area contributed by atoms with Crippen LogP contribution in [0.4, 0.5) is 5.82 Å². The zero-order valence-electron chi connectivity index (χ0n) is 9.14. The molecule has 2 heterocycles. The average molecular weight is 221 g/mol. The average Bonchev–Trinajstić information content (AvgIpc) is 2.67. The third-order valence-corrected chi connectivity index (χ3v) is 2.78. The number of anilines is 1. The maximum Gasteiger partial charge on any atom is 0.173 e. The third kappa shape index (κ3) is 1.91. The van der Waals surface area contributed by atoms with Crippen molar-refractivity contribution in [3.63, 3.8) is 0 Å². The van der Waals surface area contributed by atoms with Gasteiger partial charge in [0.15, 0.2) is 5.78 Å². The molecule has 1 aromatic heterocycles. The Balaban J connectivity index is 2.29. The first-order valence-corrected chi connectivity index (χ1v) is 5.19. The molecule has 0 amide bonds. The van der Waals surface area contributed by atoms with Gasteiger partial charge in [0.05, 0.1) is 24.7 Å². The van der Waals surface area contributed by atoms with Gasteiger partial charge < -0.3 is 16.2 Å². The summed E-state index contributed by atoms with van der Waals surface area (Å²) in [5, 5.41) is 0. The normalized spacial score (nSPS) is 24.6. The highest BCUT2D eigenvalue weighted by atomic mass is 16.5. The van der Waals surface area contributed by atoms with E-state index in [9.17, 15) is 4.79 Å². The SMILES string of the molecule is Cc1cnc(N)c(C(=O)C2COCC2N)c1. The summed E-state index contributed by atoms with van der Waals surface area (Å²) < 4.78 is 5.18. The van der Waals surface area contributed by atoms with Crippen molar-refractivity contribution in [3.05, 3.63) is 23.4 Å². The van der Waals surface area contributed by atoms with Crippen LogP contribution in [0.25, 0.3) is 0 Å². The van der Waals surface area contributed by atoms with E-state index in [4.69, 9.17) is 16.2 Å². The van der Waals surface area contributed by atoms with Crippen LogP contribution in [0, 0.1) is 12.8 Å². The summed E-state index contributed by atoms with van der Waals surface area (Å²) in [6, 6.07) is 1.50. The number of rotatable bonds is 2. The van der Waals surface area contributed by atoms with Gasteiger partial charge >= 0.3 is 0 Å². The molecule has 4 N–H and O–H groups in total. The van der Waals surface area contributed by atoms with Gasteiger partial charge in [-0.2, -0.15) is 0 Å². The van der Waals surface area contributed by atoms with Crippen LogP contribution < -0.4 is 11.5 Å². The topological polar surface area (TPSA) is 91.2 Å². The summed E-state index contributed by atoms with van der Waals surface area (Å²) >= 11 is 0. The number of nitrogens with zero attached hydrogens (tertiary/aromatic N) is 1. The zero-order chi connectivity index (χ0) is 11.7. The number of carbonyl (C=O) groups excluding carboxylic acids is 1. The smallest absolute Gasteiger partial charge is 0.173 e. The molecular formula is C11H15N3O2. The highest BCUT2D eigenvalue weighted by molar-refractivity contribution is 6.02. The molecule has 1 saturated heterocycles. The molecule has 2 rings (SSSR count). The van der Waals surface area contributed by atoms with E-state index in [0.29, 0.717) is 18.8 Å². The summed E-state index contributed by atoms with van der Waals surface area (Å²) in [4.78, 5) is 16.1. The summed E-state index contributed by atoms with van der Waals surface area (Å²) in [5.41, 5.74) is 12.8. The fourth-order valence-electron chi connectivity index (χ4n) is 1.82. The molecule has 1 aliphatic rings. The summed E-state index contributed by atoms with van der Waals surface area (Å²) in [6.07, 6.45) is 1.64. The van der Waals surface area contributed by atoms with E-state index in [2.05, 4.69) is 4.98 Å². The Morgan fingerprint density at radius 2 is 2.31 bits per heavy atom. The summed E-state index contributed by atoms with van der Waals surface area (Å²) in [7, 11) is 0. The number of ketones is 1. The largest absolute Gasteiger partial charge is 0.383 e. The molecule has 0 saturated carbocycles. The number of aromatic nitrogens is 1. The zero-order valence-corrected chi connectivity index (χ0v) is 9.14. The molecule has 0 aromatic carbocycles. The van der Waals surface area contributed by atoms with Crippen molar-refractivity contribution in [3.8, 4) is 0 Å². The van der Waals surface area contributed by atoms with Crippen LogP contribution in [0.2, 0.25) is 0 Å². The molecule has 1 fully saturated rings. The monoisotopic (exact) mass is 221 g/mol. The maximum atomic E-state index is 12.2. The molecular weight excluding hydrogens is 206 g/mol. The molecule has 0 spiro atoms. The minimum absolute atomic E-state index is 0.0706. The van der Waals surface area contributed by atoms with Crippen LogP contribution in [0.1, 0.15) is 15.9 Å². The van der Waals surface area contributed by atoms with Gasteiger partial charge in [-0.05, 0) is 18.6 Å². The summed E-state index contributed by atoms with van der Waals surface area (Å²) in [5.74, 6) is -0.112. The lowest BCUT2D eigenvalue weighted by atomic mass is 9.93. The van der Waals surface area contributed by atoms with Gasteiger partial charge in [-0.1, -0.05) is 0 Å². The quantitative estimate of drug-likeness (QED) is 0.692. The van der Waals surface area contributed by atoms with Crippen molar-refractivity contribution in [1.29, 1.82) is 0 Å². The highest BCUT2D eigenvalue weighted by Gasteiger charge is 2.33. The van der Waals surface area contributed by atoms with Crippen LogP contribution in [0.5, 0.6) is 0 Å². The van der Waals surface area contributed by atoms with E-state index in [-0.39, 0.29) is 23.6 Å². The predicted octanol–water partition coefficient (Wildman–Crippen LogP) is 0.129. The molecule has 1 aromatic rings. The lowest BCUT2D eigenvalue weighted by Crippen LogP contribution is -2.34. The minimum Gasteiger partial charge on any atom is -0.383 e. The van der Waals surface area contributed by atoms with Gasteiger partial charge in [-0.15, -0.1) is 0 Å². The van der Waals surface area contributed by atoms with Crippen molar-refractivity contribution in [2.75, 3.05) is 18.9 Å². The number of aryl methyl sites for hydroxylation is 1. The fourth-order valence-corrected chi connectivity index (χ4v) is 1.82. The summed E-state index contributed by atoms with van der Waals surface area (Å²) in [6.45, 7) is 2.66. The van der Waals surface area contributed by atoms with E-state index in [0.717, 1.165) is 5.56 Å². The fraction of sp³-hybridized carbons (Fsp3) is 0.455. The lowest BCUT2D eigenvalue weighted by molar-refractivity contribution is 0.0896. The van der Waals surface area contributed by atoms with Crippen molar-refractivity contribution in [2.45, 2.75) is 13.0 Å². The van der Waals surface area contributed by atoms with Gasteiger partial charge in [0.25, 0.3) is 0 Å². The second kappa shape index (κ2) is 4.19. The Bertz CT molecular complexity index is 420. The second-order valence-corrected chi connectivity index (χ2v) is 4.12. The number of hydrogen-bond acceptors (Lipinski definition) is 5. The highest BCUT2D eigenvalue weighted by Crippen LogP contribution is 2.21. The second-order valence-electron chi connectivity index (χ2n) is 4.12. The number of Topliss-reactive ketones (excluding diaryl/α,β-unsaturated/α-hetero) is 1. The van der Waals surface area contributed by atoms with Crippen LogP contribution in [0.3, 0.4) is 0 Å². The van der Waals surface area contributed by atoms with Gasteiger partial charge in [0, 0.05) is 12.2 Å². The van der Waals surface area contributed by atoms with Crippen LogP contribution in [0.15, 0.2) is 12.3 Å². The first-order valence-electron chi connectivity index (χ1n) is 5.19. The van der Waals surface area contributed by atoms with Crippen molar-refractivity contribution in [1.82, 2.24) is 4.98 Å². The maximum absolute atomic E-state index is 12.2. The van der Waals surface area contributed by atoms with Gasteiger partial charge in [-0.25, -0.2) is 4.98 Å². The van der Waals surface area contributed by atoms with E-state index >= 15 is 0 Å².